The van der Waals surface area contributed by atoms with Gasteiger partial charge >= 0.3 is 0 Å². The summed E-state index contributed by atoms with van der Waals surface area (Å²) < 4.78 is 6.25. The van der Waals surface area contributed by atoms with Crippen molar-refractivity contribution in [2.45, 2.75) is 26.7 Å². The van der Waals surface area contributed by atoms with E-state index in [0.29, 0.717) is 15.8 Å². The monoisotopic (exact) mass is 321 g/mol. The summed E-state index contributed by atoms with van der Waals surface area (Å²) in [6, 6.07) is 7.78. The summed E-state index contributed by atoms with van der Waals surface area (Å²) in [6.45, 7) is 5.42. The molecule has 21 heavy (non-hydrogen) atoms. The van der Waals surface area contributed by atoms with Crippen LogP contribution in [-0.4, -0.2) is 28.3 Å². The van der Waals surface area contributed by atoms with Crippen molar-refractivity contribution in [1.29, 1.82) is 0 Å². The van der Waals surface area contributed by atoms with Crippen molar-refractivity contribution in [3.8, 4) is 5.75 Å². The SMILES string of the molecule is CCCCOc1ccc(/C=C2\SC(=S)N(CC)C2=O)cc1. The van der Waals surface area contributed by atoms with Crippen LogP contribution in [0.4, 0.5) is 0 Å². The predicted octanol–water partition coefficient (Wildman–Crippen LogP) is 4.09. The zero-order valence-corrected chi connectivity index (χ0v) is 13.9. The average molecular weight is 321 g/mol. The van der Waals surface area contributed by atoms with Gasteiger partial charge in [-0.15, -0.1) is 0 Å². The van der Waals surface area contributed by atoms with E-state index >= 15 is 0 Å². The Morgan fingerprint density at radius 3 is 2.57 bits per heavy atom. The molecule has 5 heteroatoms. The minimum Gasteiger partial charge on any atom is -0.494 e. The van der Waals surface area contributed by atoms with Gasteiger partial charge in [0.25, 0.3) is 5.91 Å². The highest BCUT2D eigenvalue weighted by Gasteiger charge is 2.30. The molecule has 0 aromatic heterocycles. The summed E-state index contributed by atoms with van der Waals surface area (Å²) in [7, 11) is 0. The molecule has 1 amide bonds. The lowest BCUT2D eigenvalue weighted by atomic mass is 10.2. The molecule has 3 nitrogen and oxygen atoms in total. The molecule has 0 bridgehead atoms. The molecule has 112 valence electrons. The number of ether oxygens (including phenoxy) is 1. The Bertz CT molecular complexity index is 552. The molecule has 0 radical (unpaired) electrons. The first-order chi connectivity index (χ1) is 10.2. The van der Waals surface area contributed by atoms with Crippen LogP contribution >= 0.6 is 24.0 Å². The van der Waals surface area contributed by atoms with Gasteiger partial charge in [0.05, 0.1) is 11.5 Å². The molecule has 0 saturated carbocycles. The minimum atomic E-state index is -0.00391. The lowest BCUT2D eigenvalue weighted by Gasteiger charge is -2.09. The first kappa shape index (κ1) is 16.0. The second-order valence-corrected chi connectivity index (χ2v) is 6.37. The Morgan fingerprint density at radius 2 is 2.00 bits per heavy atom. The molecule has 0 aliphatic carbocycles. The van der Waals surface area contributed by atoms with Gasteiger partial charge in [-0.2, -0.15) is 0 Å². The van der Waals surface area contributed by atoms with Crippen LogP contribution in [-0.2, 0) is 4.79 Å². The Kier molecular flexibility index (Phi) is 5.82. The normalized spacial score (nSPS) is 16.9. The van der Waals surface area contributed by atoms with Crippen molar-refractivity contribution in [1.82, 2.24) is 4.90 Å². The van der Waals surface area contributed by atoms with Crippen LogP contribution in [0.3, 0.4) is 0 Å². The maximum Gasteiger partial charge on any atom is 0.266 e. The lowest BCUT2D eigenvalue weighted by Crippen LogP contribution is -2.27. The summed E-state index contributed by atoms with van der Waals surface area (Å²) in [5.41, 5.74) is 0.981. The second kappa shape index (κ2) is 7.61. The van der Waals surface area contributed by atoms with E-state index in [1.807, 2.05) is 37.3 Å². The smallest absolute Gasteiger partial charge is 0.266 e. The van der Waals surface area contributed by atoms with Crippen LogP contribution < -0.4 is 4.74 Å². The third-order valence-corrected chi connectivity index (χ3v) is 4.51. The molecule has 2 rings (SSSR count). The van der Waals surface area contributed by atoms with Crippen molar-refractivity contribution < 1.29 is 9.53 Å². The number of thioether (sulfide) groups is 1. The molecular weight excluding hydrogens is 302 g/mol. The van der Waals surface area contributed by atoms with Crippen LogP contribution in [0.1, 0.15) is 32.3 Å². The first-order valence-electron chi connectivity index (χ1n) is 7.14. The zero-order valence-electron chi connectivity index (χ0n) is 12.3. The van der Waals surface area contributed by atoms with E-state index in [1.54, 1.807) is 4.90 Å². The zero-order chi connectivity index (χ0) is 15.2. The number of hydrogen-bond acceptors (Lipinski definition) is 4. The standard InChI is InChI=1S/C16H19NO2S2/c1-3-5-10-19-13-8-6-12(7-9-13)11-14-15(18)17(4-2)16(20)21-14/h6-9,11H,3-5,10H2,1-2H3/b14-11-. The molecule has 1 aliphatic heterocycles. The predicted molar refractivity (Wildman–Crippen MR) is 92.4 cm³/mol. The average Bonchev–Trinajstić information content (AvgIpc) is 2.75. The summed E-state index contributed by atoms with van der Waals surface area (Å²) >= 11 is 6.56. The van der Waals surface area contributed by atoms with Gasteiger partial charge in [0.15, 0.2) is 0 Å². The van der Waals surface area contributed by atoms with Gasteiger partial charge in [-0.05, 0) is 37.1 Å². The highest BCUT2D eigenvalue weighted by molar-refractivity contribution is 8.26. The first-order valence-corrected chi connectivity index (χ1v) is 8.36. The van der Waals surface area contributed by atoms with E-state index in [2.05, 4.69) is 6.92 Å². The van der Waals surface area contributed by atoms with E-state index in [9.17, 15) is 4.79 Å². The van der Waals surface area contributed by atoms with Crippen molar-refractivity contribution >= 4 is 40.3 Å². The maximum atomic E-state index is 12.1. The molecule has 0 unspecified atom stereocenters. The lowest BCUT2D eigenvalue weighted by molar-refractivity contribution is -0.121. The number of hydrogen-bond donors (Lipinski definition) is 0. The Hall–Kier alpha value is -1.33. The number of carbonyl (C=O) groups is 1. The van der Waals surface area contributed by atoms with Gasteiger partial charge in [-0.25, -0.2) is 0 Å². The van der Waals surface area contributed by atoms with Crippen molar-refractivity contribution in [2.75, 3.05) is 13.2 Å². The van der Waals surface area contributed by atoms with E-state index in [1.165, 1.54) is 11.8 Å². The van der Waals surface area contributed by atoms with E-state index in [4.69, 9.17) is 17.0 Å². The fourth-order valence-electron chi connectivity index (χ4n) is 1.92. The molecule has 0 atom stereocenters. The van der Waals surface area contributed by atoms with Gasteiger partial charge in [0, 0.05) is 6.54 Å². The number of benzene rings is 1. The van der Waals surface area contributed by atoms with Gasteiger partial charge in [0.1, 0.15) is 10.1 Å². The van der Waals surface area contributed by atoms with Crippen molar-refractivity contribution in [3.63, 3.8) is 0 Å². The molecule has 1 fully saturated rings. The topological polar surface area (TPSA) is 29.5 Å². The molecule has 1 aromatic carbocycles. The van der Waals surface area contributed by atoms with Gasteiger partial charge in [-0.1, -0.05) is 49.5 Å². The van der Waals surface area contributed by atoms with E-state index < -0.39 is 0 Å². The van der Waals surface area contributed by atoms with Crippen molar-refractivity contribution in [3.05, 3.63) is 34.7 Å². The minimum absolute atomic E-state index is 0.00391. The summed E-state index contributed by atoms with van der Waals surface area (Å²) in [4.78, 5) is 14.4. The van der Waals surface area contributed by atoms with E-state index in [-0.39, 0.29) is 5.91 Å². The number of thiocarbonyl (C=S) groups is 1. The number of rotatable bonds is 6. The largest absolute Gasteiger partial charge is 0.494 e. The Morgan fingerprint density at radius 1 is 1.29 bits per heavy atom. The number of nitrogens with zero attached hydrogens (tertiary/aromatic N) is 1. The van der Waals surface area contributed by atoms with Gasteiger partial charge < -0.3 is 4.74 Å². The quantitative estimate of drug-likeness (QED) is 0.448. The van der Waals surface area contributed by atoms with E-state index in [0.717, 1.165) is 30.8 Å². The third kappa shape index (κ3) is 4.08. The highest BCUT2D eigenvalue weighted by atomic mass is 32.2. The Balaban J connectivity index is 2.04. The van der Waals surface area contributed by atoms with Crippen LogP contribution in [0.2, 0.25) is 0 Å². The van der Waals surface area contributed by atoms with Gasteiger partial charge in [0.2, 0.25) is 0 Å². The molecule has 1 heterocycles. The van der Waals surface area contributed by atoms with Crippen LogP contribution in [0.25, 0.3) is 6.08 Å². The number of likely N-dealkylation sites (N-methyl/N-ethyl adjacent to an activating group) is 1. The molecule has 0 N–H and O–H groups in total. The highest BCUT2D eigenvalue weighted by Crippen LogP contribution is 2.32. The van der Waals surface area contributed by atoms with Crippen LogP contribution in [0.15, 0.2) is 29.2 Å². The summed E-state index contributed by atoms with van der Waals surface area (Å²) in [5, 5.41) is 0. The molecular formula is C16H19NO2S2. The summed E-state index contributed by atoms with van der Waals surface area (Å²) in [6.07, 6.45) is 4.06. The fraction of sp³-hybridized carbons (Fsp3) is 0.375. The molecule has 0 spiro atoms. The Labute approximate surface area is 135 Å². The third-order valence-electron chi connectivity index (χ3n) is 3.13. The maximum absolute atomic E-state index is 12.1. The number of unbranched alkanes of at least 4 members (excludes halogenated alkanes) is 1. The second-order valence-electron chi connectivity index (χ2n) is 4.70. The molecule has 1 aliphatic rings. The number of carbonyl (C=O) groups excluding carboxylic acids is 1. The van der Waals surface area contributed by atoms with Gasteiger partial charge in [-0.3, -0.25) is 9.69 Å². The van der Waals surface area contributed by atoms with Crippen LogP contribution in [0, 0.1) is 0 Å². The molecule has 1 aromatic rings. The summed E-state index contributed by atoms with van der Waals surface area (Å²) in [5.74, 6) is 0.859. The number of amides is 1. The van der Waals surface area contributed by atoms with Crippen LogP contribution in [0.5, 0.6) is 5.75 Å². The fourth-order valence-corrected chi connectivity index (χ4v) is 3.30. The van der Waals surface area contributed by atoms with Crippen molar-refractivity contribution in [2.24, 2.45) is 0 Å². The molecule has 1 saturated heterocycles.